The van der Waals surface area contributed by atoms with Crippen LogP contribution in [0.15, 0.2) is 6.33 Å². The monoisotopic (exact) mass is 367 g/mol. The fourth-order valence-corrected chi connectivity index (χ4v) is 2.91. The number of carbonyl (C=O) groups excluding carboxylic acids is 1. The number of nitrogens with zero attached hydrogens (tertiary/aromatic N) is 4. The molecule has 2 heterocycles. The van der Waals surface area contributed by atoms with Crippen molar-refractivity contribution in [2.24, 2.45) is 5.92 Å². The summed E-state index contributed by atoms with van der Waals surface area (Å²) in [7, 11) is 1.60. The van der Waals surface area contributed by atoms with Crippen molar-refractivity contribution in [3.05, 3.63) is 16.4 Å². The summed E-state index contributed by atoms with van der Waals surface area (Å²) in [6.45, 7) is 4.21. The summed E-state index contributed by atoms with van der Waals surface area (Å²) in [5.41, 5.74) is -0.139. The van der Waals surface area contributed by atoms with Gasteiger partial charge in [-0.25, -0.2) is 9.97 Å². The molecule has 1 N–H and O–H groups in total. The number of hydrogen-bond acceptors (Lipinski definition) is 9. The highest BCUT2D eigenvalue weighted by atomic mass is 16.6. The highest BCUT2D eigenvalue weighted by Crippen LogP contribution is 2.34. The van der Waals surface area contributed by atoms with Crippen LogP contribution in [0.4, 0.5) is 17.3 Å². The van der Waals surface area contributed by atoms with E-state index in [4.69, 9.17) is 9.47 Å². The molecule has 1 aliphatic heterocycles. The zero-order chi connectivity index (χ0) is 18.9. The van der Waals surface area contributed by atoms with Crippen LogP contribution >= 0.6 is 0 Å². The lowest BCUT2D eigenvalue weighted by Gasteiger charge is -2.31. The van der Waals surface area contributed by atoms with Gasteiger partial charge in [0.25, 0.3) is 0 Å². The number of esters is 1. The summed E-state index contributed by atoms with van der Waals surface area (Å²) in [5, 5.41) is 14.6. The molecular weight excluding hydrogens is 342 g/mol. The molecule has 0 aliphatic carbocycles. The Morgan fingerprint density at radius 2 is 2.15 bits per heavy atom. The van der Waals surface area contributed by atoms with Crippen molar-refractivity contribution in [1.82, 2.24) is 9.97 Å². The first kappa shape index (κ1) is 19.8. The second kappa shape index (κ2) is 9.85. The van der Waals surface area contributed by atoms with Crippen LogP contribution in [-0.4, -0.2) is 60.8 Å². The van der Waals surface area contributed by atoms with E-state index in [0.29, 0.717) is 52.1 Å². The van der Waals surface area contributed by atoms with Gasteiger partial charge in [0, 0.05) is 33.4 Å². The molecule has 144 valence electrons. The minimum absolute atomic E-state index is 0.139. The fraction of sp³-hybridized carbons (Fsp3) is 0.688. The number of ether oxygens (including phenoxy) is 2. The van der Waals surface area contributed by atoms with Crippen LogP contribution in [-0.2, 0) is 14.3 Å². The number of piperidine rings is 1. The first-order valence-electron chi connectivity index (χ1n) is 8.72. The third-order valence-electron chi connectivity index (χ3n) is 4.22. The molecule has 0 atom stereocenters. The van der Waals surface area contributed by atoms with E-state index in [1.54, 1.807) is 14.0 Å². The third kappa shape index (κ3) is 5.01. The van der Waals surface area contributed by atoms with Crippen molar-refractivity contribution in [2.45, 2.75) is 26.2 Å². The van der Waals surface area contributed by atoms with Crippen molar-refractivity contribution < 1.29 is 19.2 Å². The smallest absolute Gasteiger partial charge is 0.353 e. The number of nitrogens with one attached hydrogen (secondary N) is 1. The predicted octanol–water partition coefficient (Wildman–Crippen LogP) is 1.61. The number of aromatic nitrogens is 2. The van der Waals surface area contributed by atoms with Crippen LogP contribution in [0.2, 0.25) is 0 Å². The van der Waals surface area contributed by atoms with E-state index in [9.17, 15) is 14.9 Å². The van der Waals surface area contributed by atoms with E-state index in [-0.39, 0.29) is 29.2 Å². The number of methoxy groups -OCH3 is 1. The molecule has 1 fully saturated rings. The summed E-state index contributed by atoms with van der Waals surface area (Å²) >= 11 is 0. The standard InChI is InChI=1S/C16H25N5O5/c1-3-26-16(22)12-5-8-20(9-6-12)15-13(21(23)24)14(18-11-19-15)17-7-4-10-25-2/h11-12H,3-10H2,1-2H3,(H,17,18,19). The molecule has 10 heteroatoms. The molecule has 1 saturated heterocycles. The molecule has 0 amide bonds. The minimum atomic E-state index is -0.467. The lowest BCUT2D eigenvalue weighted by atomic mass is 9.97. The second-order valence-corrected chi connectivity index (χ2v) is 5.94. The first-order valence-corrected chi connectivity index (χ1v) is 8.72. The molecule has 1 aromatic rings. The summed E-state index contributed by atoms with van der Waals surface area (Å²) < 4.78 is 10.0. The minimum Gasteiger partial charge on any atom is -0.466 e. The lowest BCUT2D eigenvalue weighted by Crippen LogP contribution is -2.37. The van der Waals surface area contributed by atoms with Gasteiger partial charge in [-0.1, -0.05) is 0 Å². The van der Waals surface area contributed by atoms with Crippen molar-refractivity contribution in [3.63, 3.8) is 0 Å². The Morgan fingerprint density at radius 1 is 1.42 bits per heavy atom. The van der Waals surface area contributed by atoms with Crippen LogP contribution in [0.5, 0.6) is 0 Å². The maximum Gasteiger partial charge on any atom is 0.353 e. The lowest BCUT2D eigenvalue weighted by molar-refractivity contribution is -0.383. The van der Waals surface area contributed by atoms with Crippen LogP contribution in [0, 0.1) is 16.0 Å². The number of nitro groups is 1. The highest BCUT2D eigenvalue weighted by molar-refractivity contribution is 5.74. The molecule has 0 spiro atoms. The third-order valence-corrected chi connectivity index (χ3v) is 4.22. The van der Waals surface area contributed by atoms with E-state index in [0.717, 1.165) is 0 Å². The van der Waals surface area contributed by atoms with Gasteiger partial charge in [-0.15, -0.1) is 0 Å². The van der Waals surface area contributed by atoms with Gasteiger partial charge < -0.3 is 19.7 Å². The maximum atomic E-state index is 11.8. The number of rotatable bonds is 9. The molecule has 26 heavy (non-hydrogen) atoms. The second-order valence-electron chi connectivity index (χ2n) is 5.94. The Kier molecular flexibility index (Phi) is 7.52. The molecule has 0 saturated carbocycles. The summed E-state index contributed by atoms with van der Waals surface area (Å²) in [5.74, 6) is 0.105. The average molecular weight is 367 g/mol. The Morgan fingerprint density at radius 3 is 2.77 bits per heavy atom. The van der Waals surface area contributed by atoms with Gasteiger partial charge in [0.05, 0.1) is 17.4 Å². The van der Waals surface area contributed by atoms with Gasteiger partial charge in [0.15, 0.2) is 0 Å². The first-order chi connectivity index (χ1) is 12.6. The molecule has 1 aliphatic rings. The molecule has 1 aromatic heterocycles. The average Bonchev–Trinajstić information content (AvgIpc) is 2.65. The van der Waals surface area contributed by atoms with Gasteiger partial charge in [0.1, 0.15) is 6.33 Å². The Bertz CT molecular complexity index is 619. The number of carbonyl (C=O) groups is 1. The normalized spacial score (nSPS) is 14.9. The summed E-state index contributed by atoms with van der Waals surface area (Å²) in [6.07, 6.45) is 3.18. The van der Waals surface area contributed by atoms with Gasteiger partial charge >= 0.3 is 11.7 Å². The number of hydrogen-bond donors (Lipinski definition) is 1. The zero-order valence-corrected chi connectivity index (χ0v) is 15.1. The Hall–Kier alpha value is -2.49. The van der Waals surface area contributed by atoms with Gasteiger partial charge in [-0.3, -0.25) is 14.9 Å². The predicted molar refractivity (Wildman–Crippen MR) is 95.2 cm³/mol. The molecule has 2 rings (SSSR count). The van der Waals surface area contributed by atoms with Crippen molar-refractivity contribution in [3.8, 4) is 0 Å². The van der Waals surface area contributed by atoms with E-state index in [2.05, 4.69) is 15.3 Å². The van der Waals surface area contributed by atoms with E-state index in [1.165, 1.54) is 6.33 Å². The molecule has 10 nitrogen and oxygen atoms in total. The SMILES string of the molecule is CCOC(=O)C1CCN(c2ncnc(NCCCOC)c2[N+](=O)[O-])CC1. The van der Waals surface area contributed by atoms with Crippen molar-refractivity contribution >= 4 is 23.3 Å². The largest absolute Gasteiger partial charge is 0.466 e. The maximum absolute atomic E-state index is 11.8. The fourth-order valence-electron chi connectivity index (χ4n) is 2.91. The number of anilines is 2. The van der Waals surface area contributed by atoms with Crippen molar-refractivity contribution in [1.29, 1.82) is 0 Å². The molecule has 0 bridgehead atoms. The quantitative estimate of drug-likeness (QED) is 0.300. The van der Waals surface area contributed by atoms with Crippen LogP contribution in [0.1, 0.15) is 26.2 Å². The van der Waals surface area contributed by atoms with Gasteiger partial charge in [-0.05, 0) is 26.2 Å². The van der Waals surface area contributed by atoms with Crippen LogP contribution in [0.25, 0.3) is 0 Å². The Balaban J connectivity index is 2.09. The molecule has 0 radical (unpaired) electrons. The van der Waals surface area contributed by atoms with Gasteiger partial charge in [0.2, 0.25) is 11.6 Å². The summed E-state index contributed by atoms with van der Waals surface area (Å²) in [4.78, 5) is 32.9. The molecule has 0 aromatic carbocycles. The highest BCUT2D eigenvalue weighted by Gasteiger charge is 2.32. The molecular formula is C16H25N5O5. The zero-order valence-electron chi connectivity index (χ0n) is 15.1. The van der Waals surface area contributed by atoms with Crippen LogP contribution < -0.4 is 10.2 Å². The van der Waals surface area contributed by atoms with Crippen molar-refractivity contribution in [2.75, 3.05) is 50.2 Å². The van der Waals surface area contributed by atoms with E-state index >= 15 is 0 Å². The van der Waals surface area contributed by atoms with Crippen LogP contribution in [0.3, 0.4) is 0 Å². The summed E-state index contributed by atoms with van der Waals surface area (Å²) in [6, 6.07) is 0. The molecule has 0 unspecified atom stereocenters. The van der Waals surface area contributed by atoms with E-state index < -0.39 is 4.92 Å². The van der Waals surface area contributed by atoms with Gasteiger partial charge in [-0.2, -0.15) is 0 Å². The Labute approximate surface area is 152 Å². The van der Waals surface area contributed by atoms with E-state index in [1.807, 2.05) is 4.90 Å². The topological polar surface area (TPSA) is 120 Å².